The Hall–Kier alpha value is -5.32. The van der Waals surface area contributed by atoms with E-state index in [0.717, 1.165) is 0 Å². The third-order valence-electron chi connectivity index (χ3n) is 3.06. The second-order valence-electron chi connectivity index (χ2n) is 9.30. The number of nitrogens with zero attached hydrogens (tertiary/aromatic N) is 8. The Bertz CT molecular complexity index is 723. The van der Waals surface area contributed by atoms with Gasteiger partial charge in [0.15, 0.2) is 0 Å². The highest BCUT2D eigenvalue weighted by Crippen LogP contribution is 1.85. The molecule has 0 aromatic carbocycles. The van der Waals surface area contributed by atoms with E-state index in [9.17, 15) is 36.7 Å². The zero-order valence-electron chi connectivity index (χ0n) is 30.1. The van der Waals surface area contributed by atoms with Crippen molar-refractivity contribution in [3.63, 3.8) is 0 Å². The maximum Gasteiger partial charge on any atom is 0.492 e. The third-order valence-corrected chi connectivity index (χ3v) is 3.06. The van der Waals surface area contributed by atoms with Crippen LogP contribution in [-0.2, 0) is 0 Å². The van der Waals surface area contributed by atoms with Crippen LogP contribution in [0.4, 0.5) is 55.9 Å². The molecule has 20 nitrogen and oxygen atoms in total. The molecule has 0 heterocycles. The van der Waals surface area contributed by atoms with Crippen LogP contribution in [0.15, 0.2) is 0 Å². The molecule has 0 radical (unpaired) electrons. The SMILES string of the molecule is CN(C)C(=O)N(C)C.CN(C)C(=O)N(C)C.CN(C)C(=O)N(C)C.CN(C)C(=O)N(C)C.O=C(O)F.O=C(O)F.O=C(O)F.O=C(O)F. The number of rotatable bonds is 0. The van der Waals surface area contributed by atoms with Crippen LogP contribution < -0.4 is 0 Å². The van der Waals surface area contributed by atoms with Gasteiger partial charge in [-0.1, -0.05) is 0 Å². The lowest BCUT2D eigenvalue weighted by Gasteiger charge is -2.16. The van der Waals surface area contributed by atoms with Gasteiger partial charge in [0.25, 0.3) is 0 Å². The van der Waals surface area contributed by atoms with Crippen LogP contribution in [0.2, 0.25) is 0 Å². The molecule has 0 rings (SSSR count). The average Bonchev–Trinajstić information content (AvgIpc) is 2.86. The molecule has 0 fully saturated rings. The Morgan fingerprint density at radius 2 is 0.312 bits per heavy atom. The number of amides is 8. The van der Waals surface area contributed by atoms with Gasteiger partial charge < -0.3 is 59.6 Å². The van der Waals surface area contributed by atoms with Crippen molar-refractivity contribution < 1.29 is 76.3 Å². The highest BCUT2D eigenvalue weighted by Gasteiger charge is 2.04. The molecule has 0 aromatic heterocycles. The van der Waals surface area contributed by atoms with Crippen LogP contribution in [0.1, 0.15) is 0 Å². The molecule has 0 saturated carbocycles. The molecule has 0 atom stereocenters. The standard InChI is InChI=1S/4C5H12N2O.4CHFO2/c4*1-6(2)5(8)7(3)4;4*2-1(3)4/h4*1-4H3;4*(H,3,4). The van der Waals surface area contributed by atoms with E-state index in [1.807, 2.05) is 0 Å². The van der Waals surface area contributed by atoms with Crippen LogP contribution in [0.5, 0.6) is 0 Å². The first-order valence-corrected chi connectivity index (χ1v) is 12.2. The summed E-state index contributed by atoms with van der Waals surface area (Å²) < 4.78 is 39.7. The van der Waals surface area contributed by atoms with E-state index in [-0.39, 0.29) is 24.1 Å². The minimum absolute atomic E-state index is 0.0185. The minimum atomic E-state index is -2.33. The molecule has 24 heteroatoms. The van der Waals surface area contributed by atoms with Gasteiger partial charge in [-0.15, -0.1) is 17.6 Å². The summed E-state index contributed by atoms with van der Waals surface area (Å²) in [6, 6.07) is 0.0741. The molecule has 0 aliphatic rings. The van der Waals surface area contributed by atoms with Gasteiger partial charge in [0.05, 0.1) is 0 Å². The summed E-state index contributed by atoms with van der Waals surface area (Å²) >= 11 is 0. The van der Waals surface area contributed by atoms with Crippen molar-refractivity contribution in [1.29, 1.82) is 0 Å². The molecule has 4 N–H and O–H groups in total. The number of hydrogen-bond donors (Lipinski definition) is 4. The van der Waals surface area contributed by atoms with Crippen molar-refractivity contribution in [3.05, 3.63) is 0 Å². The summed E-state index contributed by atoms with van der Waals surface area (Å²) in [6.45, 7) is 0. The van der Waals surface area contributed by atoms with Crippen LogP contribution in [-0.4, -0.2) is 221 Å². The fourth-order valence-electron chi connectivity index (χ4n) is 1.60. The second kappa shape index (κ2) is 37.9. The first-order valence-electron chi connectivity index (χ1n) is 12.2. The zero-order valence-corrected chi connectivity index (χ0v) is 30.1. The van der Waals surface area contributed by atoms with Gasteiger partial charge >= 0.3 is 49.0 Å². The lowest BCUT2D eigenvalue weighted by Crippen LogP contribution is -2.33. The molecule has 48 heavy (non-hydrogen) atoms. The van der Waals surface area contributed by atoms with Crippen molar-refractivity contribution in [2.45, 2.75) is 0 Å². The second-order valence-corrected chi connectivity index (χ2v) is 9.30. The molecule has 0 aliphatic heterocycles. The fourth-order valence-corrected chi connectivity index (χ4v) is 1.60. The lowest BCUT2D eigenvalue weighted by molar-refractivity contribution is 0.167. The number of carboxylic acid groups (broad SMARTS) is 4. The van der Waals surface area contributed by atoms with Crippen LogP contribution in [0.25, 0.3) is 0 Å². The third kappa shape index (κ3) is 90.0. The van der Waals surface area contributed by atoms with E-state index >= 15 is 0 Å². The van der Waals surface area contributed by atoms with Gasteiger partial charge in [0.2, 0.25) is 0 Å². The van der Waals surface area contributed by atoms with Crippen molar-refractivity contribution in [1.82, 2.24) is 39.2 Å². The average molecular weight is 721 g/mol. The molecular formula is C24H52F4N8O12. The number of hydrogen-bond acceptors (Lipinski definition) is 8. The first kappa shape index (κ1) is 61.6. The molecule has 0 saturated heterocycles. The predicted molar refractivity (Wildman–Crippen MR) is 168 cm³/mol. The van der Waals surface area contributed by atoms with Gasteiger partial charge in [0.1, 0.15) is 0 Å². The lowest BCUT2D eigenvalue weighted by atomic mass is 10.7. The Balaban J connectivity index is -0.0000000648. The molecule has 8 amide bonds. The van der Waals surface area contributed by atoms with E-state index in [2.05, 4.69) is 0 Å². The maximum atomic E-state index is 10.7. The predicted octanol–water partition coefficient (Wildman–Crippen LogP) is 3.45. The highest BCUT2D eigenvalue weighted by molar-refractivity contribution is 5.74. The summed E-state index contributed by atoms with van der Waals surface area (Å²) in [5, 5.41) is 27.0. The maximum absolute atomic E-state index is 10.7. The fraction of sp³-hybridized carbons (Fsp3) is 0.667. The Labute approximate surface area is 277 Å². The van der Waals surface area contributed by atoms with Gasteiger partial charge in [-0.25, -0.2) is 38.4 Å². The molecule has 0 aliphatic carbocycles. The summed E-state index contributed by atoms with van der Waals surface area (Å²) in [5.41, 5.74) is 0. The normalized spacial score (nSPS) is 7.75. The largest absolute Gasteiger partial charge is 0.492 e. The minimum Gasteiger partial charge on any atom is -0.456 e. The van der Waals surface area contributed by atoms with Crippen molar-refractivity contribution in [2.75, 3.05) is 113 Å². The first-order chi connectivity index (χ1) is 21.1. The Morgan fingerprint density at radius 3 is 0.312 bits per heavy atom. The monoisotopic (exact) mass is 720 g/mol. The topological polar surface area (TPSA) is 243 Å². The molecular weight excluding hydrogens is 668 g/mol. The quantitative estimate of drug-likeness (QED) is 0.208. The van der Waals surface area contributed by atoms with E-state index in [1.165, 1.54) is 39.2 Å². The van der Waals surface area contributed by atoms with Crippen molar-refractivity contribution >= 4 is 49.0 Å². The van der Waals surface area contributed by atoms with Gasteiger partial charge in [-0.3, -0.25) is 0 Å². The zero-order chi connectivity index (χ0) is 41.2. The van der Waals surface area contributed by atoms with E-state index in [1.54, 1.807) is 113 Å². The van der Waals surface area contributed by atoms with E-state index in [0.29, 0.717) is 0 Å². The molecule has 288 valence electrons. The number of urea groups is 4. The van der Waals surface area contributed by atoms with Gasteiger partial charge in [-0.05, 0) is 0 Å². The highest BCUT2D eigenvalue weighted by atomic mass is 19.2. The smallest absolute Gasteiger partial charge is 0.456 e. The number of carbonyl (C=O) groups is 8. The molecule has 0 aromatic rings. The summed E-state index contributed by atoms with van der Waals surface area (Å²) in [7, 11) is 27.6. The van der Waals surface area contributed by atoms with Gasteiger partial charge in [-0.2, -0.15) is 0 Å². The number of halogens is 4. The summed E-state index contributed by atoms with van der Waals surface area (Å²) in [6.07, 6.45) is -9.33. The van der Waals surface area contributed by atoms with Crippen LogP contribution >= 0.6 is 0 Å². The van der Waals surface area contributed by atoms with E-state index < -0.39 is 24.9 Å². The Morgan fingerprint density at radius 1 is 0.271 bits per heavy atom. The Kier molecular flexibility index (Phi) is 48.6. The van der Waals surface area contributed by atoms with Crippen LogP contribution in [0.3, 0.4) is 0 Å². The summed E-state index contributed by atoms with van der Waals surface area (Å²) in [5.74, 6) is 0. The molecule has 0 spiro atoms. The molecule has 0 bridgehead atoms. The van der Waals surface area contributed by atoms with Crippen molar-refractivity contribution in [2.24, 2.45) is 0 Å². The summed E-state index contributed by atoms with van der Waals surface area (Å²) in [4.78, 5) is 88.3. The van der Waals surface area contributed by atoms with E-state index in [4.69, 9.17) is 39.6 Å². The van der Waals surface area contributed by atoms with Crippen LogP contribution in [0, 0.1) is 0 Å². The number of carbonyl (C=O) groups excluding carboxylic acids is 4. The van der Waals surface area contributed by atoms with Gasteiger partial charge in [0, 0.05) is 113 Å². The molecule has 0 unspecified atom stereocenters. The van der Waals surface area contributed by atoms with Crippen molar-refractivity contribution in [3.8, 4) is 0 Å².